The fourth-order valence-electron chi connectivity index (χ4n) is 2.19. The Balaban J connectivity index is 2.36. The molecule has 0 fully saturated rings. The van der Waals surface area contributed by atoms with Crippen LogP contribution in [-0.2, 0) is 17.1 Å². The van der Waals surface area contributed by atoms with E-state index in [1.165, 1.54) is 0 Å². The minimum Gasteiger partial charge on any atom is -0.347 e. The first-order valence-electron chi connectivity index (χ1n) is 6.38. The predicted octanol–water partition coefficient (Wildman–Crippen LogP) is 1.19. The molecule has 1 atom stereocenters. The Morgan fingerprint density at radius 1 is 1.45 bits per heavy atom. The number of aryl methyl sites for hydroxylation is 2. The molecule has 0 saturated heterocycles. The lowest BCUT2D eigenvalue weighted by atomic mass is 10.2. The zero-order valence-corrected chi connectivity index (χ0v) is 12.8. The number of imidazole rings is 1. The summed E-state index contributed by atoms with van der Waals surface area (Å²) in [5.41, 5.74) is 1.11. The minimum absolute atomic E-state index is 0.241. The highest BCUT2D eigenvalue weighted by Crippen LogP contribution is 2.22. The molecule has 2 aromatic rings. The Morgan fingerprint density at radius 3 is 2.60 bits per heavy atom. The van der Waals surface area contributed by atoms with Crippen LogP contribution in [-0.4, -0.2) is 28.2 Å². The van der Waals surface area contributed by atoms with Crippen LogP contribution >= 0.6 is 0 Å². The maximum Gasteiger partial charge on any atom is 0.244 e. The molecule has 0 aliphatic rings. The number of hydrogen-bond acceptors (Lipinski definition) is 4. The van der Waals surface area contributed by atoms with E-state index in [-0.39, 0.29) is 10.9 Å². The second-order valence-corrected chi connectivity index (χ2v) is 6.33. The average Bonchev–Trinajstić information content (AvgIpc) is 2.96. The number of sulfonamides is 1. The van der Waals surface area contributed by atoms with Gasteiger partial charge in [-0.05, 0) is 20.3 Å². The Hall–Kier alpha value is -1.67. The fourth-order valence-corrected chi connectivity index (χ4v) is 3.91. The number of rotatable bonds is 5. The zero-order chi connectivity index (χ0) is 14.9. The molecule has 0 spiro atoms. The molecule has 20 heavy (non-hydrogen) atoms. The molecule has 2 aromatic heterocycles. The Morgan fingerprint density at radius 2 is 2.15 bits per heavy atom. The van der Waals surface area contributed by atoms with Gasteiger partial charge in [-0.3, -0.25) is 4.68 Å². The summed E-state index contributed by atoms with van der Waals surface area (Å²) in [6, 6.07) is -0.381. The van der Waals surface area contributed by atoms with Crippen LogP contribution in [0, 0.1) is 13.8 Å². The monoisotopic (exact) mass is 297 g/mol. The summed E-state index contributed by atoms with van der Waals surface area (Å²) in [7, 11) is -1.90. The van der Waals surface area contributed by atoms with Gasteiger partial charge in [-0.25, -0.2) is 18.1 Å². The standard InChI is InChI=1S/C12H19N5O2S/c1-5-10(12-13-6-7-14-12)16-20(18,19)11-8(2)15-17(4)9(11)3/h6-7,10,16H,5H2,1-4H3,(H,13,14). The van der Waals surface area contributed by atoms with Crippen molar-refractivity contribution in [2.75, 3.05) is 0 Å². The van der Waals surface area contributed by atoms with Crippen LogP contribution in [0.25, 0.3) is 0 Å². The van der Waals surface area contributed by atoms with Gasteiger partial charge in [0.15, 0.2) is 0 Å². The number of aromatic nitrogens is 4. The summed E-state index contributed by atoms with van der Waals surface area (Å²) in [5.74, 6) is 0.607. The Bertz CT molecular complexity index is 688. The first kappa shape index (κ1) is 14.7. The molecular weight excluding hydrogens is 278 g/mol. The van der Waals surface area contributed by atoms with Crippen molar-refractivity contribution < 1.29 is 8.42 Å². The number of nitrogens with zero attached hydrogens (tertiary/aromatic N) is 3. The van der Waals surface area contributed by atoms with Gasteiger partial charge in [0.05, 0.1) is 17.4 Å². The third-order valence-electron chi connectivity index (χ3n) is 3.27. The van der Waals surface area contributed by atoms with E-state index in [1.807, 2.05) is 6.92 Å². The average molecular weight is 297 g/mol. The van der Waals surface area contributed by atoms with Crippen LogP contribution in [0.2, 0.25) is 0 Å². The molecule has 2 rings (SSSR count). The van der Waals surface area contributed by atoms with Crippen molar-refractivity contribution in [2.24, 2.45) is 7.05 Å². The summed E-state index contributed by atoms with van der Waals surface area (Å²) in [4.78, 5) is 7.29. The molecule has 0 amide bonds. The Labute approximate surface area is 118 Å². The topological polar surface area (TPSA) is 92.7 Å². The lowest BCUT2D eigenvalue weighted by Crippen LogP contribution is -2.29. The van der Waals surface area contributed by atoms with Gasteiger partial charge in [0.25, 0.3) is 0 Å². The van der Waals surface area contributed by atoms with E-state index >= 15 is 0 Å². The molecule has 0 bridgehead atoms. The van der Waals surface area contributed by atoms with Gasteiger partial charge in [0.1, 0.15) is 10.7 Å². The van der Waals surface area contributed by atoms with Crippen molar-refractivity contribution in [1.82, 2.24) is 24.5 Å². The number of hydrogen-bond donors (Lipinski definition) is 2. The van der Waals surface area contributed by atoms with E-state index in [0.29, 0.717) is 23.6 Å². The molecule has 110 valence electrons. The molecule has 0 radical (unpaired) electrons. The van der Waals surface area contributed by atoms with Crippen LogP contribution in [0.3, 0.4) is 0 Å². The SMILES string of the molecule is CCC(NS(=O)(=O)c1c(C)nn(C)c1C)c1ncc[nH]1. The second kappa shape index (κ2) is 5.37. The Kier molecular flexibility index (Phi) is 3.96. The van der Waals surface area contributed by atoms with Gasteiger partial charge >= 0.3 is 0 Å². The first-order valence-corrected chi connectivity index (χ1v) is 7.87. The molecule has 8 heteroatoms. The minimum atomic E-state index is -3.63. The van der Waals surface area contributed by atoms with Crippen LogP contribution in [0.1, 0.15) is 36.6 Å². The molecule has 0 aliphatic heterocycles. The van der Waals surface area contributed by atoms with Crippen molar-refractivity contribution in [3.8, 4) is 0 Å². The third-order valence-corrected chi connectivity index (χ3v) is 4.99. The number of H-pyrrole nitrogens is 1. The highest BCUT2D eigenvalue weighted by atomic mass is 32.2. The molecule has 0 saturated carbocycles. The lowest BCUT2D eigenvalue weighted by Gasteiger charge is -2.15. The van der Waals surface area contributed by atoms with Crippen LogP contribution in [0.4, 0.5) is 0 Å². The summed E-state index contributed by atoms with van der Waals surface area (Å²) >= 11 is 0. The highest BCUT2D eigenvalue weighted by molar-refractivity contribution is 7.89. The molecule has 2 heterocycles. The van der Waals surface area contributed by atoms with Crippen LogP contribution < -0.4 is 4.72 Å². The van der Waals surface area contributed by atoms with E-state index in [9.17, 15) is 8.42 Å². The van der Waals surface area contributed by atoms with Crippen molar-refractivity contribution in [2.45, 2.75) is 38.1 Å². The maximum absolute atomic E-state index is 12.5. The van der Waals surface area contributed by atoms with Gasteiger partial charge in [0.2, 0.25) is 10.0 Å². The molecule has 1 unspecified atom stereocenters. The van der Waals surface area contributed by atoms with Crippen molar-refractivity contribution >= 4 is 10.0 Å². The van der Waals surface area contributed by atoms with E-state index in [0.717, 1.165) is 0 Å². The van der Waals surface area contributed by atoms with E-state index in [2.05, 4.69) is 19.8 Å². The van der Waals surface area contributed by atoms with Crippen molar-refractivity contribution in [1.29, 1.82) is 0 Å². The summed E-state index contributed by atoms with van der Waals surface area (Å²) in [5, 5.41) is 4.15. The highest BCUT2D eigenvalue weighted by Gasteiger charge is 2.27. The molecule has 0 aromatic carbocycles. The van der Waals surface area contributed by atoms with E-state index in [4.69, 9.17) is 0 Å². The zero-order valence-electron chi connectivity index (χ0n) is 12.0. The van der Waals surface area contributed by atoms with Gasteiger partial charge in [-0.2, -0.15) is 5.10 Å². The van der Waals surface area contributed by atoms with Crippen LogP contribution in [0.5, 0.6) is 0 Å². The van der Waals surface area contributed by atoms with Gasteiger partial charge in [0, 0.05) is 19.4 Å². The maximum atomic E-state index is 12.5. The van der Waals surface area contributed by atoms with Gasteiger partial charge in [-0.15, -0.1) is 0 Å². The van der Waals surface area contributed by atoms with E-state index in [1.54, 1.807) is 38.0 Å². The molecular formula is C12H19N5O2S. The summed E-state index contributed by atoms with van der Waals surface area (Å²) < 4.78 is 29.3. The van der Waals surface area contributed by atoms with Crippen molar-refractivity contribution in [3.05, 3.63) is 29.6 Å². The summed E-state index contributed by atoms with van der Waals surface area (Å²) in [6.07, 6.45) is 3.88. The normalized spacial score (nSPS) is 13.6. The summed E-state index contributed by atoms with van der Waals surface area (Å²) in [6.45, 7) is 5.33. The molecule has 0 aliphatic carbocycles. The lowest BCUT2D eigenvalue weighted by molar-refractivity contribution is 0.538. The largest absolute Gasteiger partial charge is 0.347 e. The predicted molar refractivity (Wildman–Crippen MR) is 74.6 cm³/mol. The van der Waals surface area contributed by atoms with Gasteiger partial charge in [-0.1, -0.05) is 6.92 Å². The smallest absolute Gasteiger partial charge is 0.244 e. The van der Waals surface area contributed by atoms with Gasteiger partial charge < -0.3 is 4.98 Å². The fraction of sp³-hybridized carbons (Fsp3) is 0.500. The van der Waals surface area contributed by atoms with Crippen LogP contribution in [0.15, 0.2) is 17.3 Å². The number of aromatic amines is 1. The molecule has 2 N–H and O–H groups in total. The molecule has 7 nitrogen and oxygen atoms in total. The quantitative estimate of drug-likeness (QED) is 0.867. The third kappa shape index (κ3) is 2.61. The second-order valence-electron chi connectivity index (χ2n) is 4.68. The van der Waals surface area contributed by atoms with E-state index < -0.39 is 10.0 Å². The first-order chi connectivity index (χ1) is 9.36. The van der Waals surface area contributed by atoms with Crippen molar-refractivity contribution in [3.63, 3.8) is 0 Å². The number of nitrogens with one attached hydrogen (secondary N) is 2.